The summed E-state index contributed by atoms with van der Waals surface area (Å²) in [7, 11) is -5.91. The van der Waals surface area contributed by atoms with Crippen LogP contribution in [0.2, 0.25) is 0 Å². The number of nitriles is 1. The van der Waals surface area contributed by atoms with Crippen molar-refractivity contribution in [2.45, 2.75) is 36.4 Å². The van der Waals surface area contributed by atoms with Gasteiger partial charge in [0.05, 0.1) is 29.4 Å². The lowest BCUT2D eigenvalue weighted by atomic mass is 10.0. The van der Waals surface area contributed by atoms with E-state index in [1.807, 2.05) is 5.32 Å². The molecule has 172 valence electrons. The summed E-state index contributed by atoms with van der Waals surface area (Å²) < 4.78 is 49.3. The van der Waals surface area contributed by atoms with Gasteiger partial charge in [-0.05, 0) is 31.5 Å². The van der Waals surface area contributed by atoms with Gasteiger partial charge in [0.1, 0.15) is 23.7 Å². The van der Waals surface area contributed by atoms with Crippen molar-refractivity contribution in [2.24, 2.45) is 0 Å². The number of carbonyl (C=O) groups excluding carboxylic acids is 1. The molecule has 0 aliphatic carbocycles. The molecule has 1 fully saturated rings. The zero-order chi connectivity index (χ0) is 23.6. The SMILES string of the molecule is COc1ccc(CS(=O)(=O)C(C)(C)[C@H](NC(=O)O)C(=O)N2CS(O)(O)C[C@H]2C#N)cc1. The number of hydrogen-bond acceptors (Lipinski definition) is 8. The molecule has 1 aromatic rings. The minimum Gasteiger partial charge on any atom is -0.497 e. The molecule has 0 unspecified atom stereocenters. The van der Waals surface area contributed by atoms with Crippen LogP contribution in [-0.4, -0.2) is 75.1 Å². The van der Waals surface area contributed by atoms with Crippen molar-refractivity contribution in [1.82, 2.24) is 10.2 Å². The van der Waals surface area contributed by atoms with E-state index < -0.39 is 60.9 Å². The van der Waals surface area contributed by atoms with E-state index in [1.165, 1.54) is 33.1 Å². The summed E-state index contributed by atoms with van der Waals surface area (Å²) in [4.78, 5) is 25.3. The second-order valence-corrected chi connectivity index (χ2v) is 12.4. The third-order valence-corrected chi connectivity index (χ3v) is 9.20. The third-order valence-electron chi connectivity index (χ3n) is 5.11. The summed E-state index contributed by atoms with van der Waals surface area (Å²) in [6, 6.07) is 4.99. The van der Waals surface area contributed by atoms with Gasteiger partial charge >= 0.3 is 6.09 Å². The first-order valence-electron chi connectivity index (χ1n) is 9.02. The highest BCUT2D eigenvalue weighted by Gasteiger charge is 2.51. The van der Waals surface area contributed by atoms with E-state index in [-0.39, 0.29) is 5.75 Å². The van der Waals surface area contributed by atoms with Gasteiger partial charge in [0.25, 0.3) is 0 Å². The Balaban J connectivity index is 2.39. The number of hydrogen-bond donors (Lipinski definition) is 4. The summed E-state index contributed by atoms with van der Waals surface area (Å²) in [6.45, 7) is 2.42. The van der Waals surface area contributed by atoms with Gasteiger partial charge in [-0.25, -0.2) is 13.2 Å². The van der Waals surface area contributed by atoms with Crippen LogP contribution in [0.5, 0.6) is 5.75 Å². The van der Waals surface area contributed by atoms with Gasteiger partial charge in [-0.2, -0.15) is 15.9 Å². The van der Waals surface area contributed by atoms with E-state index in [2.05, 4.69) is 0 Å². The minimum absolute atomic E-state index is 0.381. The standard InChI is InChI=1S/C18H25N3O8S2/c1-18(2,31(27,28)9-12-4-6-14(29-3)7-5-12)15(20-17(23)24)16(22)21-11-30(25,26)10-13(21)8-19/h4-7,13,15,20,25-26H,9-11H2,1-3H3,(H,23,24)/t13-,15-/m1/s1. The van der Waals surface area contributed by atoms with Crippen molar-refractivity contribution in [2.75, 3.05) is 18.7 Å². The molecule has 1 aromatic carbocycles. The normalized spacial score (nSPS) is 20.4. The molecule has 2 atom stereocenters. The van der Waals surface area contributed by atoms with Crippen LogP contribution in [0.4, 0.5) is 4.79 Å². The third kappa shape index (κ3) is 5.40. The fraction of sp³-hybridized carbons (Fsp3) is 0.500. The number of amides is 2. The van der Waals surface area contributed by atoms with Gasteiger partial charge in [-0.15, -0.1) is 0 Å². The first kappa shape index (κ1) is 24.7. The quantitative estimate of drug-likeness (QED) is 0.454. The topological polar surface area (TPSA) is 177 Å². The van der Waals surface area contributed by atoms with Crippen molar-refractivity contribution >= 4 is 32.4 Å². The van der Waals surface area contributed by atoms with Gasteiger partial charge < -0.3 is 20.1 Å². The van der Waals surface area contributed by atoms with E-state index >= 15 is 0 Å². The Kier molecular flexibility index (Phi) is 7.11. The Morgan fingerprint density at radius 3 is 2.42 bits per heavy atom. The van der Waals surface area contributed by atoms with Crippen molar-refractivity contribution < 1.29 is 37.0 Å². The predicted molar refractivity (Wildman–Crippen MR) is 113 cm³/mol. The number of nitrogens with one attached hydrogen (secondary N) is 1. The highest BCUT2D eigenvalue weighted by atomic mass is 32.3. The molecule has 0 spiro atoms. The van der Waals surface area contributed by atoms with E-state index in [0.717, 1.165) is 4.90 Å². The van der Waals surface area contributed by atoms with Crippen molar-refractivity contribution in [3.05, 3.63) is 29.8 Å². The fourth-order valence-electron chi connectivity index (χ4n) is 3.16. The molecule has 4 N–H and O–H groups in total. The number of ether oxygens (including phenoxy) is 1. The number of carboxylic acid groups (broad SMARTS) is 1. The van der Waals surface area contributed by atoms with Crippen molar-refractivity contribution in [3.63, 3.8) is 0 Å². The highest BCUT2D eigenvalue weighted by molar-refractivity contribution is 8.24. The van der Waals surface area contributed by atoms with Gasteiger partial charge in [0, 0.05) is 0 Å². The van der Waals surface area contributed by atoms with E-state index in [4.69, 9.17) is 4.74 Å². The lowest BCUT2D eigenvalue weighted by Crippen LogP contribution is -2.62. The van der Waals surface area contributed by atoms with Crippen LogP contribution in [0.15, 0.2) is 24.3 Å². The summed E-state index contributed by atoms with van der Waals surface area (Å²) in [6.07, 6.45) is -1.63. The average Bonchev–Trinajstić information content (AvgIpc) is 3.00. The summed E-state index contributed by atoms with van der Waals surface area (Å²) in [5.74, 6) is -1.93. The van der Waals surface area contributed by atoms with E-state index in [9.17, 15) is 37.5 Å². The number of methoxy groups -OCH3 is 1. The Hall–Kier alpha value is -2.53. The maximum atomic E-state index is 13.2. The predicted octanol–water partition coefficient (Wildman–Crippen LogP) is 1.47. The molecule has 0 radical (unpaired) electrons. The van der Waals surface area contributed by atoms with E-state index in [1.54, 1.807) is 18.2 Å². The molecule has 0 aromatic heterocycles. The monoisotopic (exact) mass is 475 g/mol. The summed E-state index contributed by atoms with van der Waals surface area (Å²) in [5.41, 5.74) is 0.403. The lowest BCUT2D eigenvalue weighted by Gasteiger charge is -2.36. The Morgan fingerprint density at radius 2 is 1.94 bits per heavy atom. The van der Waals surface area contributed by atoms with Crippen LogP contribution < -0.4 is 10.1 Å². The Morgan fingerprint density at radius 1 is 1.35 bits per heavy atom. The first-order valence-corrected chi connectivity index (χ1v) is 12.6. The van der Waals surface area contributed by atoms with Crippen molar-refractivity contribution in [1.29, 1.82) is 5.26 Å². The molecule has 2 rings (SSSR count). The molecule has 31 heavy (non-hydrogen) atoms. The van der Waals surface area contributed by atoms with Gasteiger partial charge in [-0.3, -0.25) is 13.9 Å². The molecule has 1 aliphatic heterocycles. The smallest absolute Gasteiger partial charge is 0.405 e. The maximum Gasteiger partial charge on any atom is 0.405 e. The zero-order valence-corrected chi connectivity index (χ0v) is 18.8. The Bertz CT molecular complexity index is 986. The number of nitrogens with zero attached hydrogens (tertiary/aromatic N) is 2. The zero-order valence-electron chi connectivity index (χ0n) is 17.2. The number of sulfone groups is 1. The van der Waals surface area contributed by atoms with Gasteiger partial charge in [0.15, 0.2) is 9.84 Å². The Labute approximate surface area is 181 Å². The van der Waals surface area contributed by atoms with E-state index in [0.29, 0.717) is 11.3 Å². The molecule has 11 nitrogen and oxygen atoms in total. The van der Waals surface area contributed by atoms with Gasteiger partial charge in [0.2, 0.25) is 5.91 Å². The number of benzene rings is 1. The first-order chi connectivity index (χ1) is 14.2. The second-order valence-electron chi connectivity index (χ2n) is 7.64. The van der Waals surface area contributed by atoms with Crippen LogP contribution in [0.25, 0.3) is 0 Å². The highest BCUT2D eigenvalue weighted by Crippen LogP contribution is 2.47. The summed E-state index contributed by atoms with van der Waals surface area (Å²) >= 11 is 0. The largest absolute Gasteiger partial charge is 0.497 e. The molecule has 2 amide bonds. The maximum absolute atomic E-state index is 13.2. The second kappa shape index (κ2) is 8.91. The van der Waals surface area contributed by atoms with Crippen LogP contribution in [0.3, 0.4) is 0 Å². The molecule has 13 heteroatoms. The van der Waals surface area contributed by atoms with Crippen LogP contribution in [0.1, 0.15) is 19.4 Å². The lowest BCUT2D eigenvalue weighted by molar-refractivity contribution is -0.133. The average molecular weight is 476 g/mol. The van der Waals surface area contributed by atoms with Gasteiger partial charge in [-0.1, -0.05) is 12.1 Å². The molecular weight excluding hydrogens is 450 g/mol. The number of carbonyl (C=O) groups is 2. The van der Waals surface area contributed by atoms with Crippen LogP contribution in [-0.2, 0) is 20.4 Å². The summed E-state index contributed by atoms with van der Waals surface area (Å²) in [5, 5.41) is 20.4. The molecular formula is C18H25N3O8S2. The van der Waals surface area contributed by atoms with Crippen LogP contribution >= 0.6 is 10.6 Å². The molecule has 1 aliphatic rings. The minimum atomic E-state index is -4.12. The van der Waals surface area contributed by atoms with Crippen molar-refractivity contribution in [3.8, 4) is 11.8 Å². The molecule has 1 saturated heterocycles. The molecule has 1 heterocycles. The molecule has 0 saturated carbocycles. The fourth-order valence-corrected chi connectivity index (χ4v) is 6.30. The van der Waals surface area contributed by atoms with Crippen LogP contribution in [0, 0.1) is 11.3 Å². The number of rotatable bonds is 7. The molecule has 0 bridgehead atoms.